The molecule has 7 nitrogen and oxygen atoms in total. The minimum Gasteiger partial charge on any atom is -0.482 e. The average Bonchev–Trinajstić information content (AvgIpc) is 3.18. The van der Waals surface area contributed by atoms with Gasteiger partial charge in [0.15, 0.2) is 12.6 Å². The molecule has 2 heterocycles. The van der Waals surface area contributed by atoms with Crippen LogP contribution in [0, 0.1) is 0 Å². The lowest BCUT2D eigenvalue weighted by molar-refractivity contribution is -0.121. The fourth-order valence-electron chi connectivity index (χ4n) is 3.17. The van der Waals surface area contributed by atoms with E-state index in [1.165, 1.54) is 0 Å². The van der Waals surface area contributed by atoms with E-state index in [0.29, 0.717) is 13.1 Å². The fraction of sp³-hybridized carbons (Fsp3) is 0.579. The Kier molecular flexibility index (Phi) is 9.12. The van der Waals surface area contributed by atoms with Crippen LogP contribution in [0.25, 0.3) is 0 Å². The summed E-state index contributed by atoms with van der Waals surface area (Å²) in [4.78, 5) is 18.6. The van der Waals surface area contributed by atoms with Gasteiger partial charge in [-0.25, -0.2) is 0 Å². The molecule has 0 saturated carbocycles. The van der Waals surface area contributed by atoms with Gasteiger partial charge in [0.25, 0.3) is 5.91 Å². The first kappa shape index (κ1) is 21.7. The smallest absolute Gasteiger partial charge is 0.265 e. The van der Waals surface area contributed by atoms with Crippen molar-refractivity contribution in [2.45, 2.75) is 32.3 Å². The van der Waals surface area contributed by atoms with Crippen molar-refractivity contribution in [3.05, 3.63) is 24.3 Å². The lowest BCUT2D eigenvalue weighted by Crippen LogP contribution is -2.42. The number of ether oxygens (including phenoxy) is 2. The van der Waals surface area contributed by atoms with Crippen LogP contribution in [0.1, 0.15) is 26.2 Å². The van der Waals surface area contributed by atoms with Crippen molar-refractivity contribution in [1.29, 1.82) is 0 Å². The number of amides is 1. The van der Waals surface area contributed by atoms with E-state index in [2.05, 4.69) is 15.6 Å². The predicted octanol–water partition coefficient (Wildman–Crippen LogP) is 2.15. The highest BCUT2D eigenvalue weighted by atomic mass is 127. The highest BCUT2D eigenvalue weighted by Crippen LogP contribution is 2.31. The van der Waals surface area contributed by atoms with E-state index in [0.717, 1.165) is 56.4 Å². The molecular formula is C19H29IN4O3. The molecule has 1 saturated heterocycles. The summed E-state index contributed by atoms with van der Waals surface area (Å²) in [6.45, 7) is 5.89. The molecule has 1 amide bonds. The first-order valence-corrected chi connectivity index (χ1v) is 9.44. The van der Waals surface area contributed by atoms with Crippen LogP contribution in [0.15, 0.2) is 29.3 Å². The molecule has 0 aliphatic carbocycles. The Morgan fingerprint density at radius 3 is 2.96 bits per heavy atom. The number of guanidine groups is 1. The second kappa shape index (κ2) is 11.3. The molecule has 0 bridgehead atoms. The monoisotopic (exact) mass is 488 g/mol. The Balaban J connectivity index is 0.00000261. The van der Waals surface area contributed by atoms with E-state index in [1.54, 1.807) is 4.90 Å². The standard InChI is InChI=1S/C19H28N4O3.HI/c1-2-20-19(22-13-15-7-5-12-25-15)21-10-6-11-23-16-8-3-4-9-17(16)26-14-18(23)24;/h3-4,8-9,15H,2,5-7,10-14H2,1H3,(H2,20,21,22);1H. The molecule has 1 unspecified atom stereocenters. The topological polar surface area (TPSA) is 75.2 Å². The van der Waals surface area contributed by atoms with Crippen molar-refractivity contribution in [3.63, 3.8) is 0 Å². The Bertz CT molecular complexity index is 635. The summed E-state index contributed by atoms with van der Waals surface area (Å²) in [7, 11) is 0. The van der Waals surface area contributed by atoms with E-state index < -0.39 is 0 Å². The summed E-state index contributed by atoms with van der Waals surface area (Å²) < 4.78 is 11.1. The number of rotatable bonds is 7. The Morgan fingerprint density at radius 1 is 1.33 bits per heavy atom. The second-order valence-corrected chi connectivity index (χ2v) is 6.44. The number of benzene rings is 1. The summed E-state index contributed by atoms with van der Waals surface area (Å²) in [6, 6.07) is 7.66. The van der Waals surface area contributed by atoms with E-state index in [1.807, 2.05) is 31.2 Å². The van der Waals surface area contributed by atoms with Gasteiger partial charge in [-0.2, -0.15) is 0 Å². The average molecular weight is 488 g/mol. The normalized spacial score (nSPS) is 19.1. The second-order valence-electron chi connectivity index (χ2n) is 6.44. The summed E-state index contributed by atoms with van der Waals surface area (Å²) in [5, 5.41) is 6.59. The SMILES string of the molecule is CCNC(=NCC1CCCO1)NCCCN1C(=O)COc2ccccc21.I. The molecule has 1 fully saturated rings. The largest absolute Gasteiger partial charge is 0.482 e. The van der Waals surface area contributed by atoms with Gasteiger partial charge in [0.1, 0.15) is 5.75 Å². The van der Waals surface area contributed by atoms with E-state index in [9.17, 15) is 4.79 Å². The molecule has 3 rings (SSSR count). The van der Waals surface area contributed by atoms with Gasteiger partial charge < -0.3 is 25.0 Å². The molecule has 1 aromatic carbocycles. The quantitative estimate of drug-likeness (QED) is 0.266. The van der Waals surface area contributed by atoms with Crippen molar-refractivity contribution in [3.8, 4) is 5.75 Å². The van der Waals surface area contributed by atoms with Crippen LogP contribution in [0.3, 0.4) is 0 Å². The number of carbonyl (C=O) groups is 1. The molecule has 1 aromatic rings. The molecule has 1 atom stereocenters. The van der Waals surface area contributed by atoms with Crippen molar-refractivity contribution in [2.75, 3.05) is 44.3 Å². The number of nitrogens with one attached hydrogen (secondary N) is 2. The molecular weight excluding hydrogens is 459 g/mol. The van der Waals surface area contributed by atoms with E-state index in [4.69, 9.17) is 9.47 Å². The minimum atomic E-state index is 0. The van der Waals surface area contributed by atoms with E-state index >= 15 is 0 Å². The maximum atomic E-state index is 12.2. The van der Waals surface area contributed by atoms with Crippen molar-refractivity contribution in [1.82, 2.24) is 10.6 Å². The molecule has 27 heavy (non-hydrogen) atoms. The van der Waals surface area contributed by atoms with Gasteiger partial charge in [0.2, 0.25) is 0 Å². The third kappa shape index (κ3) is 6.24. The number of para-hydroxylation sites is 2. The number of anilines is 1. The molecule has 0 spiro atoms. The number of hydrogen-bond acceptors (Lipinski definition) is 4. The Hall–Kier alpha value is -1.55. The maximum Gasteiger partial charge on any atom is 0.265 e. The number of hydrogen-bond donors (Lipinski definition) is 2. The zero-order valence-corrected chi connectivity index (χ0v) is 18.1. The third-order valence-corrected chi connectivity index (χ3v) is 4.48. The van der Waals surface area contributed by atoms with Gasteiger partial charge in [-0.15, -0.1) is 24.0 Å². The van der Waals surface area contributed by atoms with Crippen molar-refractivity contribution < 1.29 is 14.3 Å². The lowest BCUT2D eigenvalue weighted by atomic mass is 10.2. The Labute approximate surface area is 177 Å². The minimum absolute atomic E-state index is 0. The molecule has 2 N–H and O–H groups in total. The predicted molar refractivity (Wildman–Crippen MR) is 117 cm³/mol. The lowest BCUT2D eigenvalue weighted by Gasteiger charge is -2.29. The third-order valence-electron chi connectivity index (χ3n) is 4.48. The fourth-order valence-corrected chi connectivity index (χ4v) is 3.17. The number of nitrogens with zero attached hydrogens (tertiary/aromatic N) is 2. The molecule has 0 radical (unpaired) electrons. The van der Waals surface area contributed by atoms with Crippen molar-refractivity contribution >= 4 is 41.5 Å². The summed E-state index contributed by atoms with van der Waals surface area (Å²) in [6.07, 6.45) is 3.28. The van der Waals surface area contributed by atoms with Crippen LogP contribution >= 0.6 is 24.0 Å². The van der Waals surface area contributed by atoms with Gasteiger partial charge >= 0.3 is 0 Å². The highest BCUT2D eigenvalue weighted by molar-refractivity contribution is 14.0. The van der Waals surface area contributed by atoms with Gasteiger partial charge in [-0.3, -0.25) is 9.79 Å². The zero-order valence-electron chi connectivity index (χ0n) is 15.8. The van der Waals surface area contributed by atoms with Crippen LogP contribution in [0.4, 0.5) is 5.69 Å². The summed E-state index contributed by atoms with van der Waals surface area (Å²) in [5.41, 5.74) is 0.850. The summed E-state index contributed by atoms with van der Waals surface area (Å²) >= 11 is 0. The molecule has 2 aliphatic heterocycles. The number of fused-ring (bicyclic) bond motifs is 1. The molecule has 0 aromatic heterocycles. The molecule has 2 aliphatic rings. The van der Waals surface area contributed by atoms with Crippen LogP contribution in [0.2, 0.25) is 0 Å². The van der Waals surface area contributed by atoms with Crippen LogP contribution in [-0.2, 0) is 9.53 Å². The first-order valence-electron chi connectivity index (χ1n) is 9.44. The van der Waals surface area contributed by atoms with Crippen LogP contribution < -0.4 is 20.3 Å². The van der Waals surface area contributed by atoms with Crippen LogP contribution in [-0.4, -0.2) is 57.4 Å². The van der Waals surface area contributed by atoms with Crippen LogP contribution in [0.5, 0.6) is 5.75 Å². The maximum absolute atomic E-state index is 12.2. The number of aliphatic imine (C=N–C) groups is 1. The van der Waals surface area contributed by atoms with Gasteiger partial charge in [-0.1, -0.05) is 12.1 Å². The van der Waals surface area contributed by atoms with E-state index in [-0.39, 0.29) is 42.6 Å². The molecule has 150 valence electrons. The van der Waals surface area contributed by atoms with Gasteiger partial charge in [0, 0.05) is 26.2 Å². The number of carbonyl (C=O) groups excluding carboxylic acids is 1. The van der Waals surface area contributed by atoms with Crippen molar-refractivity contribution in [2.24, 2.45) is 4.99 Å². The Morgan fingerprint density at radius 2 is 2.19 bits per heavy atom. The number of halogens is 1. The molecule has 8 heteroatoms. The van der Waals surface area contributed by atoms with Gasteiger partial charge in [-0.05, 0) is 38.3 Å². The zero-order chi connectivity index (χ0) is 18.2. The summed E-state index contributed by atoms with van der Waals surface area (Å²) in [5.74, 6) is 1.57. The first-order chi connectivity index (χ1) is 12.8. The van der Waals surface area contributed by atoms with Gasteiger partial charge in [0.05, 0.1) is 18.3 Å². The highest BCUT2D eigenvalue weighted by Gasteiger charge is 2.24.